The summed E-state index contributed by atoms with van der Waals surface area (Å²) < 4.78 is 7.48. The number of benzene rings is 1. The van der Waals surface area contributed by atoms with Gasteiger partial charge in [-0.25, -0.2) is 4.98 Å². The summed E-state index contributed by atoms with van der Waals surface area (Å²) in [5.41, 5.74) is 0.903. The van der Waals surface area contributed by atoms with E-state index < -0.39 is 0 Å². The lowest BCUT2D eigenvalue weighted by molar-refractivity contribution is -0.133. The molecule has 1 fully saturated rings. The molecule has 0 aliphatic carbocycles. The summed E-state index contributed by atoms with van der Waals surface area (Å²) in [5.74, 6) is 1.96. The van der Waals surface area contributed by atoms with E-state index in [9.17, 15) is 4.79 Å². The average Bonchev–Trinajstić information content (AvgIpc) is 3.08. The zero-order valence-electron chi connectivity index (χ0n) is 16.1. The molecule has 0 spiro atoms. The van der Waals surface area contributed by atoms with Crippen molar-refractivity contribution >= 4 is 11.6 Å². The maximum Gasteiger partial charge on any atom is 0.242 e. The summed E-state index contributed by atoms with van der Waals surface area (Å²) in [6.07, 6.45) is 4.47. The number of amides is 1. The van der Waals surface area contributed by atoms with E-state index in [4.69, 9.17) is 4.74 Å². The molecule has 26 heavy (non-hydrogen) atoms. The summed E-state index contributed by atoms with van der Waals surface area (Å²) >= 11 is 0. The highest BCUT2D eigenvalue weighted by Gasteiger charge is 2.36. The van der Waals surface area contributed by atoms with Crippen LogP contribution >= 0.6 is 0 Å². The standard InChI is InChI=1S/C20H28N4O2/c1-5-18-21-10-11-22(18)14-19(25)23-12-13-24(20(2,3)15-23)16-8-6-7-9-17(16)26-4/h6-11H,5,12-15H2,1-4H3. The van der Waals surface area contributed by atoms with Gasteiger partial charge >= 0.3 is 0 Å². The Kier molecular flexibility index (Phi) is 5.20. The second kappa shape index (κ2) is 7.40. The van der Waals surface area contributed by atoms with Gasteiger partial charge in [0, 0.05) is 38.4 Å². The van der Waals surface area contributed by atoms with Gasteiger partial charge in [0.15, 0.2) is 0 Å². The topological polar surface area (TPSA) is 50.6 Å². The number of nitrogens with zero attached hydrogens (tertiary/aromatic N) is 4. The second-order valence-corrected chi connectivity index (χ2v) is 7.28. The van der Waals surface area contributed by atoms with E-state index in [1.54, 1.807) is 13.3 Å². The van der Waals surface area contributed by atoms with Crippen molar-refractivity contribution in [3.05, 3.63) is 42.5 Å². The Morgan fingerprint density at radius 1 is 1.27 bits per heavy atom. The van der Waals surface area contributed by atoms with Gasteiger partial charge in [0.2, 0.25) is 5.91 Å². The Labute approximate surface area is 155 Å². The summed E-state index contributed by atoms with van der Waals surface area (Å²) in [4.78, 5) is 21.4. The van der Waals surface area contributed by atoms with Gasteiger partial charge in [-0.3, -0.25) is 4.79 Å². The molecule has 6 nitrogen and oxygen atoms in total. The number of imidazole rings is 1. The number of carbonyl (C=O) groups is 1. The Bertz CT molecular complexity index is 769. The summed E-state index contributed by atoms with van der Waals surface area (Å²) in [5, 5.41) is 0. The van der Waals surface area contributed by atoms with Gasteiger partial charge in [-0.2, -0.15) is 0 Å². The van der Waals surface area contributed by atoms with E-state index in [1.165, 1.54) is 0 Å². The van der Waals surface area contributed by atoms with Crippen LogP contribution in [-0.4, -0.2) is 52.6 Å². The third kappa shape index (κ3) is 3.54. The third-order valence-electron chi connectivity index (χ3n) is 5.05. The molecule has 2 heterocycles. The maximum atomic E-state index is 12.8. The maximum absolute atomic E-state index is 12.8. The van der Waals surface area contributed by atoms with Crippen LogP contribution < -0.4 is 9.64 Å². The summed E-state index contributed by atoms with van der Waals surface area (Å²) in [6, 6.07) is 8.06. The van der Waals surface area contributed by atoms with E-state index in [1.807, 2.05) is 33.9 Å². The third-order valence-corrected chi connectivity index (χ3v) is 5.05. The van der Waals surface area contributed by atoms with Crippen LogP contribution in [0.5, 0.6) is 5.75 Å². The van der Waals surface area contributed by atoms with E-state index in [2.05, 4.69) is 36.7 Å². The first kappa shape index (κ1) is 18.3. The quantitative estimate of drug-likeness (QED) is 0.826. The lowest BCUT2D eigenvalue weighted by atomic mass is 9.97. The lowest BCUT2D eigenvalue weighted by Crippen LogP contribution is -2.61. The van der Waals surface area contributed by atoms with Crippen LogP contribution in [0.4, 0.5) is 5.69 Å². The van der Waals surface area contributed by atoms with E-state index in [0.29, 0.717) is 19.6 Å². The number of aromatic nitrogens is 2. The minimum absolute atomic E-state index is 0.144. The molecule has 0 N–H and O–H groups in total. The van der Waals surface area contributed by atoms with E-state index >= 15 is 0 Å². The Balaban J connectivity index is 1.73. The first-order chi connectivity index (χ1) is 12.5. The number of carbonyl (C=O) groups excluding carboxylic acids is 1. The number of aryl methyl sites for hydroxylation is 1. The fourth-order valence-corrected chi connectivity index (χ4v) is 3.71. The SMILES string of the molecule is CCc1nccn1CC(=O)N1CCN(c2ccccc2OC)C(C)(C)C1. The van der Waals surface area contributed by atoms with Crippen molar-refractivity contribution in [2.24, 2.45) is 0 Å². The molecule has 1 aromatic carbocycles. The molecule has 0 saturated carbocycles. The summed E-state index contributed by atoms with van der Waals surface area (Å²) in [7, 11) is 1.70. The van der Waals surface area contributed by atoms with Gasteiger partial charge in [-0.1, -0.05) is 19.1 Å². The number of para-hydroxylation sites is 2. The number of hydrogen-bond acceptors (Lipinski definition) is 4. The molecule has 1 saturated heterocycles. The minimum atomic E-state index is -0.176. The van der Waals surface area contributed by atoms with Crippen LogP contribution in [0.1, 0.15) is 26.6 Å². The number of rotatable bonds is 5. The van der Waals surface area contributed by atoms with Gasteiger partial charge in [-0.15, -0.1) is 0 Å². The van der Waals surface area contributed by atoms with Gasteiger partial charge < -0.3 is 19.1 Å². The smallest absolute Gasteiger partial charge is 0.242 e. The second-order valence-electron chi connectivity index (χ2n) is 7.28. The molecule has 1 aromatic heterocycles. The molecular formula is C20H28N4O2. The van der Waals surface area contributed by atoms with Crippen molar-refractivity contribution in [2.75, 3.05) is 31.6 Å². The highest BCUT2D eigenvalue weighted by molar-refractivity contribution is 5.77. The van der Waals surface area contributed by atoms with Crippen LogP contribution in [-0.2, 0) is 17.8 Å². The van der Waals surface area contributed by atoms with Crippen LogP contribution in [0.15, 0.2) is 36.7 Å². The van der Waals surface area contributed by atoms with E-state index in [-0.39, 0.29) is 11.4 Å². The monoisotopic (exact) mass is 356 g/mol. The zero-order chi connectivity index (χ0) is 18.7. The number of hydrogen-bond donors (Lipinski definition) is 0. The number of piperazine rings is 1. The van der Waals surface area contributed by atoms with Crippen molar-refractivity contribution < 1.29 is 9.53 Å². The van der Waals surface area contributed by atoms with Gasteiger partial charge in [-0.05, 0) is 26.0 Å². The van der Waals surface area contributed by atoms with E-state index in [0.717, 1.165) is 30.2 Å². The number of methoxy groups -OCH3 is 1. The minimum Gasteiger partial charge on any atom is -0.495 e. The molecule has 0 bridgehead atoms. The molecule has 0 atom stereocenters. The van der Waals surface area contributed by atoms with Crippen molar-refractivity contribution in [3.63, 3.8) is 0 Å². The largest absolute Gasteiger partial charge is 0.495 e. The van der Waals surface area contributed by atoms with Gasteiger partial charge in [0.05, 0.1) is 18.3 Å². The Morgan fingerprint density at radius 3 is 2.73 bits per heavy atom. The average molecular weight is 356 g/mol. The van der Waals surface area contributed by atoms with Crippen molar-refractivity contribution in [3.8, 4) is 5.75 Å². The highest BCUT2D eigenvalue weighted by atomic mass is 16.5. The predicted molar refractivity (Wildman–Crippen MR) is 103 cm³/mol. The van der Waals surface area contributed by atoms with Crippen LogP contribution in [0.3, 0.4) is 0 Å². The van der Waals surface area contributed by atoms with Gasteiger partial charge in [0.25, 0.3) is 0 Å². The molecule has 0 radical (unpaired) electrons. The molecule has 1 amide bonds. The molecule has 3 rings (SSSR count). The first-order valence-electron chi connectivity index (χ1n) is 9.14. The molecule has 140 valence electrons. The predicted octanol–water partition coefficient (Wildman–Crippen LogP) is 2.58. The normalized spacial score (nSPS) is 16.6. The molecule has 2 aromatic rings. The van der Waals surface area contributed by atoms with Crippen LogP contribution in [0, 0.1) is 0 Å². The van der Waals surface area contributed by atoms with Crippen molar-refractivity contribution in [2.45, 2.75) is 39.3 Å². The van der Waals surface area contributed by atoms with Crippen molar-refractivity contribution in [1.82, 2.24) is 14.5 Å². The summed E-state index contributed by atoms with van der Waals surface area (Å²) in [6.45, 7) is 8.92. The van der Waals surface area contributed by atoms with Crippen LogP contribution in [0.25, 0.3) is 0 Å². The fourth-order valence-electron chi connectivity index (χ4n) is 3.71. The van der Waals surface area contributed by atoms with Crippen molar-refractivity contribution in [1.29, 1.82) is 0 Å². The molecular weight excluding hydrogens is 328 g/mol. The highest BCUT2D eigenvalue weighted by Crippen LogP contribution is 2.34. The fraction of sp³-hybridized carbons (Fsp3) is 0.500. The van der Waals surface area contributed by atoms with Gasteiger partial charge in [0.1, 0.15) is 18.1 Å². The Morgan fingerprint density at radius 2 is 2.04 bits per heavy atom. The number of anilines is 1. The van der Waals surface area contributed by atoms with Crippen LogP contribution in [0.2, 0.25) is 0 Å². The number of ether oxygens (including phenoxy) is 1. The lowest BCUT2D eigenvalue weighted by Gasteiger charge is -2.48. The molecule has 1 aliphatic rings. The zero-order valence-corrected chi connectivity index (χ0v) is 16.1. The molecule has 1 aliphatic heterocycles. The molecule has 0 unspecified atom stereocenters. The Hall–Kier alpha value is -2.50. The first-order valence-corrected chi connectivity index (χ1v) is 9.14. The molecule has 6 heteroatoms.